The van der Waals surface area contributed by atoms with E-state index in [-0.39, 0.29) is 12.4 Å². The molecule has 0 bridgehead atoms. The van der Waals surface area contributed by atoms with E-state index in [4.69, 9.17) is 14.6 Å². The lowest BCUT2D eigenvalue weighted by Crippen LogP contribution is -2.08. The Labute approximate surface area is 88.4 Å². The number of ether oxygens (including phenoxy) is 2. The van der Waals surface area contributed by atoms with Crippen LogP contribution in [-0.4, -0.2) is 24.5 Å². The first-order valence-corrected chi connectivity index (χ1v) is 4.70. The Morgan fingerprint density at radius 2 is 2.20 bits per heavy atom. The molecule has 0 aromatic heterocycles. The van der Waals surface area contributed by atoms with Crippen LogP contribution in [0.2, 0.25) is 0 Å². The summed E-state index contributed by atoms with van der Waals surface area (Å²) < 4.78 is 10.3. The molecular weight excluding hydrogens is 196 g/mol. The molecule has 0 spiro atoms. The normalized spacial score (nSPS) is 10.0. The Balaban J connectivity index is 2.87. The number of carboxylic acid groups (broad SMARTS) is 1. The summed E-state index contributed by atoms with van der Waals surface area (Å²) in [6, 6.07) is 5.00. The smallest absolute Gasteiger partial charge is 0.339 e. The Bertz CT molecular complexity index is 346. The molecule has 0 unspecified atom stereocenters. The van der Waals surface area contributed by atoms with Crippen molar-refractivity contribution in [1.29, 1.82) is 0 Å². The van der Waals surface area contributed by atoms with Crippen molar-refractivity contribution in [1.82, 2.24) is 0 Å². The fraction of sp³-hybridized carbons (Fsp3) is 0.364. The van der Waals surface area contributed by atoms with Crippen molar-refractivity contribution < 1.29 is 19.4 Å². The maximum absolute atomic E-state index is 10.9. The summed E-state index contributed by atoms with van der Waals surface area (Å²) in [5.41, 5.74) is 0.948. The fourth-order valence-electron chi connectivity index (χ4n) is 1.20. The first kappa shape index (κ1) is 11.5. The molecule has 0 saturated heterocycles. The van der Waals surface area contributed by atoms with Gasteiger partial charge in [-0.1, -0.05) is 12.1 Å². The molecule has 0 amide bonds. The summed E-state index contributed by atoms with van der Waals surface area (Å²) in [5, 5.41) is 8.93. The van der Waals surface area contributed by atoms with Crippen molar-refractivity contribution >= 4 is 5.97 Å². The van der Waals surface area contributed by atoms with E-state index in [9.17, 15) is 4.79 Å². The minimum atomic E-state index is -0.995. The van der Waals surface area contributed by atoms with Crippen molar-refractivity contribution in [2.24, 2.45) is 0 Å². The largest absolute Gasteiger partial charge is 0.478 e. The quantitative estimate of drug-likeness (QED) is 0.597. The number of hydrogen-bond donors (Lipinski definition) is 1. The number of benzene rings is 1. The molecular formula is C11H14O4. The highest BCUT2D eigenvalue weighted by molar-refractivity contribution is 5.91. The van der Waals surface area contributed by atoms with E-state index < -0.39 is 5.97 Å². The van der Waals surface area contributed by atoms with Gasteiger partial charge in [-0.25, -0.2) is 4.79 Å². The highest BCUT2D eigenvalue weighted by atomic mass is 16.7. The van der Waals surface area contributed by atoms with Crippen molar-refractivity contribution in [2.45, 2.75) is 13.8 Å². The summed E-state index contributed by atoms with van der Waals surface area (Å²) in [7, 11) is 0. The number of aryl methyl sites for hydroxylation is 1. The zero-order valence-corrected chi connectivity index (χ0v) is 8.82. The van der Waals surface area contributed by atoms with Crippen LogP contribution < -0.4 is 4.74 Å². The minimum absolute atomic E-state index is 0.0711. The molecule has 15 heavy (non-hydrogen) atoms. The summed E-state index contributed by atoms with van der Waals surface area (Å²) in [4.78, 5) is 10.9. The van der Waals surface area contributed by atoms with Crippen LogP contribution in [0.15, 0.2) is 18.2 Å². The lowest BCUT2D eigenvalue weighted by Gasteiger charge is -2.11. The van der Waals surface area contributed by atoms with Gasteiger partial charge in [0.15, 0.2) is 6.79 Å². The summed E-state index contributed by atoms with van der Waals surface area (Å²) in [6.07, 6.45) is 0. The molecule has 1 aromatic carbocycles. The second kappa shape index (κ2) is 5.36. The van der Waals surface area contributed by atoms with Gasteiger partial charge in [-0.05, 0) is 25.5 Å². The molecule has 0 radical (unpaired) electrons. The van der Waals surface area contributed by atoms with Gasteiger partial charge in [0.2, 0.25) is 0 Å². The zero-order valence-electron chi connectivity index (χ0n) is 8.82. The molecule has 0 aliphatic rings. The van der Waals surface area contributed by atoms with E-state index in [0.29, 0.717) is 12.4 Å². The predicted molar refractivity (Wildman–Crippen MR) is 55.3 cm³/mol. The van der Waals surface area contributed by atoms with Crippen LogP contribution in [0.25, 0.3) is 0 Å². The van der Waals surface area contributed by atoms with Crippen LogP contribution in [-0.2, 0) is 4.74 Å². The topological polar surface area (TPSA) is 55.8 Å². The highest BCUT2D eigenvalue weighted by Crippen LogP contribution is 2.23. The molecule has 4 heteroatoms. The second-order valence-electron chi connectivity index (χ2n) is 3.01. The van der Waals surface area contributed by atoms with E-state index in [1.54, 1.807) is 19.1 Å². The Kier molecular flexibility index (Phi) is 4.12. The van der Waals surface area contributed by atoms with E-state index in [1.165, 1.54) is 6.07 Å². The van der Waals surface area contributed by atoms with Crippen LogP contribution >= 0.6 is 0 Å². The SMILES string of the molecule is CCOCOc1c(C)cccc1C(=O)O. The van der Waals surface area contributed by atoms with Crippen LogP contribution in [0.4, 0.5) is 0 Å². The van der Waals surface area contributed by atoms with Gasteiger partial charge in [-0.15, -0.1) is 0 Å². The van der Waals surface area contributed by atoms with Crippen LogP contribution in [0.3, 0.4) is 0 Å². The van der Waals surface area contributed by atoms with Gasteiger partial charge < -0.3 is 14.6 Å². The molecule has 0 aliphatic heterocycles. The first-order chi connectivity index (χ1) is 7.16. The Hall–Kier alpha value is -1.55. The van der Waals surface area contributed by atoms with Crippen molar-refractivity contribution in [3.63, 3.8) is 0 Å². The van der Waals surface area contributed by atoms with E-state index in [0.717, 1.165) is 5.56 Å². The van der Waals surface area contributed by atoms with Gasteiger partial charge in [-0.2, -0.15) is 0 Å². The average Bonchev–Trinajstić information content (AvgIpc) is 2.20. The summed E-state index contributed by atoms with van der Waals surface area (Å²) in [6.45, 7) is 4.25. The number of rotatable bonds is 5. The Morgan fingerprint density at radius 3 is 2.80 bits per heavy atom. The fourth-order valence-corrected chi connectivity index (χ4v) is 1.20. The molecule has 82 valence electrons. The third-order valence-electron chi connectivity index (χ3n) is 1.93. The van der Waals surface area contributed by atoms with Crippen molar-refractivity contribution in [2.75, 3.05) is 13.4 Å². The van der Waals surface area contributed by atoms with Gasteiger partial charge >= 0.3 is 5.97 Å². The summed E-state index contributed by atoms with van der Waals surface area (Å²) >= 11 is 0. The number of carboxylic acids is 1. The number of para-hydroxylation sites is 1. The molecule has 0 atom stereocenters. The average molecular weight is 210 g/mol. The van der Waals surface area contributed by atoms with E-state index in [1.807, 2.05) is 6.92 Å². The molecule has 1 rings (SSSR count). The predicted octanol–water partition coefficient (Wildman–Crippen LogP) is 2.07. The Morgan fingerprint density at radius 1 is 1.47 bits per heavy atom. The first-order valence-electron chi connectivity index (χ1n) is 4.70. The molecule has 0 fully saturated rings. The monoisotopic (exact) mass is 210 g/mol. The molecule has 1 N–H and O–H groups in total. The van der Waals surface area contributed by atoms with Crippen LogP contribution in [0.1, 0.15) is 22.8 Å². The third kappa shape index (κ3) is 2.95. The maximum Gasteiger partial charge on any atom is 0.339 e. The molecule has 0 heterocycles. The number of aromatic carboxylic acids is 1. The van der Waals surface area contributed by atoms with Gasteiger partial charge in [0.05, 0.1) is 0 Å². The van der Waals surface area contributed by atoms with E-state index in [2.05, 4.69) is 0 Å². The van der Waals surface area contributed by atoms with Crippen molar-refractivity contribution in [3.8, 4) is 5.75 Å². The van der Waals surface area contributed by atoms with Crippen LogP contribution in [0.5, 0.6) is 5.75 Å². The zero-order chi connectivity index (χ0) is 11.3. The van der Waals surface area contributed by atoms with Gasteiger partial charge in [0.1, 0.15) is 11.3 Å². The number of carbonyl (C=O) groups is 1. The van der Waals surface area contributed by atoms with Crippen LogP contribution in [0, 0.1) is 6.92 Å². The molecule has 0 saturated carbocycles. The van der Waals surface area contributed by atoms with Crippen molar-refractivity contribution in [3.05, 3.63) is 29.3 Å². The number of hydrogen-bond acceptors (Lipinski definition) is 3. The van der Waals surface area contributed by atoms with Gasteiger partial charge in [0, 0.05) is 6.61 Å². The lowest BCUT2D eigenvalue weighted by molar-refractivity contribution is 0.0209. The standard InChI is InChI=1S/C11H14O4/c1-3-14-7-15-10-8(2)5-4-6-9(10)11(12)13/h4-6H,3,7H2,1-2H3,(H,12,13). The molecule has 1 aromatic rings. The maximum atomic E-state index is 10.9. The lowest BCUT2D eigenvalue weighted by atomic mass is 10.1. The van der Waals surface area contributed by atoms with E-state index >= 15 is 0 Å². The molecule has 4 nitrogen and oxygen atoms in total. The van der Waals surface area contributed by atoms with Gasteiger partial charge in [0.25, 0.3) is 0 Å². The minimum Gasteiger partial charge on any atom is -0.478 e. The summed E-state index contributed by atoms with van der Waals surface area (Å²) in [5.74, 6) is -0.622. The third-order valence-corrected chi connectivity index (χ3v) is 1.93. The highest BCUT2D eigenvalue weighted by Gasteiger charge is 2.12. The second-order valence-corrected chi connectivity index (χ2v) is 3.01. The molecule has 0 aliphatic carbocycles. The van der Waals surface area contributed by atoms with Gasteiger partial charge in [-0.3, -0.25) is 0 Å².